The van der Waals surface area contributed by atoms with Crippen LogP contribution >= 0.6 is 23.5 Å². The zero-order chi connectivity index (χ0) is 30.3. The second kappa shape index (κ2) is 13.9. The first-order chi connectivity index (χ1) is 20.2. The molecule has 2 amide bonds. The van der Waals surface area contributed by atoms with E-state index < -0.39 is 29.9 Å². The van der Waals surface area contributed by atoms with Gasteiger partial charge in [0.15, 0.2) is 17.8 Å². The highest BCUT2D eigenvalue weighted by molar-refractivity contribution is 8.14. The fraction of sp³-hybridized carbons (Fsp3) is 0.312. The summed E-state index contributed by atoms with van der Waals surface area (Å²) < 4.78 is 5.91. The average Bonchev–Trinajstić information content (AvgIpc) is 3.09. The Morgan fingerprint density at radius 1 is 1.05 bits per heavy atom. The van der Waals surface area contributed by atoms with Gasteiger partial charge in [0, 0.05) is 10.6 Å². The summed E-state index contributed by atoms with van der Waals surface area (Å²) in [5, 5.41) is 12.0. The molecule has 1 aliphatic heterocycles. The number of unbranched alkanes of at least 4 members (excludes halogenated alkanes) is 1. The van der Waals surface area contributed by atoms with Gasteiger partial charge in [-0.25, -0.2) is 4.79 Å². The largest absolute Gasteiger partial charge is 0.483 e. The van der Waals surface area contributed by atoms with Crippen molar-refractivity contribution in [2.75, 3.05) is 17.8 Å². The molecule has 0 spiro atoms. The first-order valence-electron chi connectivity index (χ1n) is 13.8. The molecule has 2 atom stereocenters. The SMILES string of the molecule is CCCCC1(CC)C(=O)[SH]c2cc(OCC(=O)N[C@@H](C(=O)O)c3ccccc3)c(SC)cc2N(c2ccccc2)C1=O. The van der Waals surface area contributed by atoms with Crippen LogP contribution in [0.25, 0.3) is 0 Å². The summed E-state index contributed by atoms with van der Waals surface area (Å²) in [7, 11) is 0. The number of benzene rings is 3. The van der Waals surface area contributed by atoms with Gasteiger partial charge in [-0.05, 0) is 48.9 Å². The molecular formula is C32H35N2O6S2. The highest BCUT2D eigenvalue weighted by atomic mass is 32.2. The Balaban J connectivity index is 1.68. The van der Waals surface area contributed by atoms with Gasteiger partial charge in [-0.2, -0.15) is 0 Å². The first kappa shape index (κ1) is 31.2. The number of nitrogens with one attached hydrogen (secondary N) is 1. The number of hydrogen-bond donors (Lipinski definition) is 3. The number of thioether (sulfide) groups is 1. The van der Waals surface area contributed by atoms with Crippen molar-refractivity contribution >= 4 is 57.8 Å². The van der Waals surface area contributed by atoms with Crippen molar-refractivity contribution < 1.29 is 29.0 Å². The topological polar surface area (TPSA) is 113 Å². The maximum Gasteiger partial charge on any atom is 0.330 e. The van der Waals surface area contributed by atoms with Crippen LogP contribution in [0.4, 0.5) is 11.4 Å². The van der Waals surface area contributed by atoms with E-state index in [4.69, 9.17) is 4.74 Å². The van der Waals surface area contributed by atoms with Gasteiger partial charge in [-0.15, -0.1) is 23.5 Å². The third kappa shape index (κ3) is 6.50. The number of para-hydroxylation sites is 1. The van der Waals surface area contributed by atoms with Gasteiger partial charge >= 0.3 is 5.97 Å². The number of amides is 2. The fourth-order valence-corrected chi connectivity index (χ4v) is 6.80. The van der Waals surface area contributed by atoms with Crippen molar-refractivity contribution in [3.05, 3.63) is 78.4 Å². The minimum Gasteiger partial charge on any atom is -0.483 e. The number of carbonyl (C=O) groups is 4. The molecule has 3 aromatic rings. The number of carboxylic acids is 1. The van der Waals surface area contributed by atoms with E-state index in [2.05, 4.69) is 5.32 Å². The minimum atomic E-state index is -1.22. The second-order valence-corrected chi connectivity index (χ2v) is 11.9. The summed E-state index contributed by atoms with van der Waals surface area (Å²) in [6.07, 6.45) is 4.32. The summed E-state index contributed by atoms with van der Waals surface area (Å²) in [6.45, 7) is 3.50. The number of fused-ring (bicyclic) bond motifs is 1. The lowest BCUT2D eigenvalue weighted by atomic mass is 9.79. The van der Waals surface area contributed by atoms with Crippen LogP contribution < -0.4 is 15.0 Å². The van der Waals surface area contributed by atoms with Crippen LogP contribution in [-0.2, 0) is 19.2 Å². The zero-order valence-electron chi connectivity index (χ0n) is 23.8. The van der Waals surface area contributed by atoms with Gasteiger partial charge in [-0.1, -0.05) is 75.2 Å². The van der Waals surface area contributed by atoms with E-state index in [0.717, 1.165) is 12.8 Å². The number of carbonyl (C=O) groups excluding carboxylic acids is 3. The van der Waals surface area contributed by atoms with Crippen molar-refractivity contribution in [1.82, 2.24) is 5.32 Å². The zero-order valence-corrected chi connectivity index (χ0v) is 25.5. The van der Waals surface area contributed by atoms with Gasteiger partial charge in [0.25, 0.3) is 5.91 Å². The molecule has 1 unspecified atom stereocenters. The molecular weight excluding hydrogens is 572 g/mol. The molecule has 0 bridgehead atoms. The summed E-state index contributed by atoms with van der Waals surface area (Å²) >= 11 is 1.76. The third-order valence-corrected chi connectivity index (χ3v) is 9.35. The average molecular weight is 608 g/mol. The quantitative estimate of drug-likeness (QED) is 0.125. The van der Waals surface area contributed by atoms with E-state index in [1.54, 1.807) is 41.3 Å². The van der Waals surface area contributed by atoms with E-state index in [0.29, 0.717) is 57.1 Å². The van der Waals surface area contributed by atoms with Crippen molar-refractivity contribution in [3.8, 4) is 5.75 Å². The molecule has 0 aromatic heterocycles. The van der Waals surface area contributed by atoms with E-state index in [1.807, 2.05) is 56.5 Å². The molecule has 4 rings (SSSR count). The third-order valence-electron chi connectivity index (χ3n) is 7.36. The maximum absolute atomic E-state index is 14.3. The monoisotopic (exact) mass is 607 g/mol. The fourth-order valence-electron chi connectivity index (χ4n) is 4.99. The lowest BCUT2D eigenvalue weighted by molar-refractivity contribution is -0.142. The molecule has 1 heterocycles. The van der Waals surface area contributed by atoms with Gasteiger partial charge in [0.05, 0.1) is 10.6 Å². The molecule has 1 radical (unpaired) electrons. The van der Waals surface area contributed by atoms with Crippen LogP contribution in [-0.4, -0.2) is 40.9 Å². The van der Waals surface area contributed by atoms with E-state index in [-0.39, 0.29) is 11.0 Å². The molecule has 10 heteroatoms. The summed E-state index contributed by atoms with van der Waals surface area (Å²) in [4.78, 5) is 55.7. The number of ether oxygens (including phenoxy) is 1. The molecule has 0 saturated heterocycles. The lowest BCUT2D eigenvalue weighted by Gasteiger charge is -2.33. The second-order valence-electron chi connectivity index (χ2n) is 9.96. The van der Waals surface area contributed by atoms with Crippen molar-refractivity contribution in [2.45, 2.75) is 55.4 Å². The Morgan fingerprint density at radius 2 is 1.71 bits per heavy atom. The number of thiol groups is 1. The highest BCUT2D eigenvalue weighted by Crippen LogP contribution is 2.51. The van der Waals surface area contributed by atoms with Crippen LogP contribution in [0.1, 0.15) is 51.1 Å². The Hall–Kier alpha value is -3.76. The lowest BCUT2D eigenvalue weighted by Crippen LogP contribution is -2.44. The van der Waals surface area contributed by atoms with E-state index in [9.17, 15) is 24.3 Å². The molecule has 1 aliphatic rings. The summed E-state index contributed by atoms with van der Waals surface area (Å²) in [5.74, 6) is -1.65. The van der Waals surface area contributed by atoms with Crippen LogP contribution in [0, 0.1) is 5.41 Å². The molecule has 3 aromatic carbocycles. The van der Waals surface area contributed by atoms with Gasteiger partial charge in [0.1, 0.15) is 11.2 Å². The summed E-state index contributed by atoms with van der Waals surface area (Å²) in [6, 6.07) is 20.1. The van der Waals surface area contributed by atoms with Crippen molar-refractivity contribution in [1.29, 1.82) is 0 Å². The number of carboxylic acid groups (broad SMARTS) is 1. The predicted octanol–water partition coefficient (Wildman–Crippen LogP) is 6.35. The van der Waals surface area contributed by atoms with Gasteiger partial charge in [0.2, 0.25) is 5.91 Å². The molecule has 0 saturated carbocycles. The Labute approximate surface area is 254 Å². The molecule has 42 heavy (non-hydrogen) atoms. The van der Waals surface area contributed by atoms with E-state index >= 15 is 0 Å². The van der Waals surface area contributed by atoms with Gasteiger partial charge < -0.3 is 15.2 Å². The Bertz CT molecular complexity index is 1450. The van der Waals surface area contributed by atoms with Crippen LogP contribution in [0.5, 0.6) is 5.75 Å². The van der Waals surface area contributed by atoms with Crippen LogP contribution in [0.2, 0.25) is 0 Å². The van der Waals surface area contributed by atoms with Gasteiger partial charge in [-0.3, -0.25) is 19.3 Å². The standard InChI is InChI=1S/C32H35N2O6S2/c1-4-6-17-32(5-2)30(38)34(22-15-11-8-12-16-22)23-18-26(41-3)24(19-25(23)42-31(32)39)40-20-27(35)33-28(29(36)37)21-13-9-7-10-14-21/h7-16,18-19,28,42H,4-6,17,20H2,1-3H3,(H,33,35)(H,36,37)/t28-,32?/m1/s1. The number of nitrogens with zero attached hydrogens (tertiary/aromatic N) is 1. The molecule has 221 valence electrons. The number of anilines is 2. The maximum atomic E-state index is 14.3. The molecule has 0 fully saturated rings. The summed E-state index contributed by atoms with van der Waals surface area (Å²) in [5.41, 5.74) is 0.558. The normalized spacial score (nSPS) is 17.3. The number of aliphatic carboxylic acids is 1. The Kier molecular flexibility index (Phi) is 10.3. The van der Waals surface area contributed by atoms with Crippen LogP contribution in [0.15, 0.2) is 82.6 Å². The minimum absolute atomic E-state index is 0.157. The molecule has 8 nitrogen and oxygen atoms in total. The first-order valence-corrected chi connectivity index (χ1v) is 15.9. The molecule has 0 aliphatic carbocycles. The van der Waals surface area contributed by atoms with Crippen molar-refractivity contribution in [3.63, 3.8) is 0 Å². The molecule has 2 N–H and O–H groups in total. The highest BCUT2D eigenvalue weighted by Gasteiger charge is 2.49. The number of hydrogen-bond acceptors (Lipinski definition) is 6. The predicted molar refractivity (Wildman–Crippen MR) is 167 cm³/mol. The number of rotatable bonds is 12. The van der Waals surface area contributed by atoms with Crippen LogP contribution in [0.3, 0.4) is 0 Å². The van der Waals surface area contributed by atoms with Crippen molar-refractivity contribution in [2.24, 2.45) is 5.41 Å². The smallest absolute Gasteiger partial charge is 0.330 e. The van der Waals surface area contributed by atoms with E-state index in [1.165, 1.54) is 11.8 Å². The Morgan fingerprint density at radius 3 is 2.31 bits per heavy atom.